The van der Waals surface area contributed by atoms with Gasteiger partial charge in [-0.2, -0.15) is 0 Å². The van der Waals surface area contributed by atoms with Gasteiger partial charge in [0.15, 0.2) is 12.4 Å². The van der Waals surface area contributed by atoms with Crippen molar-refractivity contribution in [2.75, 3.05) is 10.6 Å². The highest BCUT2D eigenvalue weighted by molar-refractivity contribution is 6.00. The predicted octanol–water partition coefficient (Wildman–Crippen LogP) is 4.00. The molecule has 5 heteroatoms. The number of hydrogen-bond acceptors (Lipinski definition) is 3. The van der Waals surface area contributed by atoms with Gasteiger partial charge in [-0.05, 0) is 49.2 Å². The highest BCUT2D eigenvalue weighted by atomic mass is 16.5. The molecular formula is C18H20N2O3. The van der Waals surface area contributed by atoms with E-state index in [0.717, 1.165) is 17.5 Å². The zero-order valence-electron chi connectivity index (χ0n) is 13.2. The molecule has 0 heterocycles. The summed E-state index contributed by atoms with van der Waals surface area (Å²) in [6.07, 6.45) is 0.947. The van der Waals surface area contributed by atoms with Crippen LogP contribution in [0.4, 0.5) is 16.2 Å². The fraction of sp³-hybridized carbons (Fsp3) is 0.222. The lowest BCUT2D eigenvalue weighted by Crippen LogP contribution is -2.20. The topological polar surface area (TPSA) is 67.4 Å². The van der Waals surface area contributed by atoms with Gasteiger partial charge in [0, 0.05) is 11.4 Å². The van der Waals surface area contributed by atoms with Gasteiger partial charge in [0.1, 0.15) is 5.75 Å². The molecule has 0 aliphatic heterocycles. The summed E-state index contributed by atoms with van der Waals surface area (Å²) in [6.45, 7) is 3.81. The van der Waals surface area contributed by atoms with E-state index < -0.39 is 6.10 Å². The van der Waals surface area contributed by atoms with Crippen LogP contribution >= 0.6 is 0 Å². The number of hydrogen-bond donors (Lipinski definition) is 2. The number of aldehydes is 1. The number of urea groups is 1. The van der Waals surface area contributed by atoms with Crippen LogP contribution in [0, 0.1) is 6.92 Å². The van der Waals surface area contributed by atoms with E-state index in [-0.39, 0.29) is 6.03 Å². The van der Waals surface area contributed by atoms with Gasteiger partial charge in [-0.25, -0.2) is 4.79 Å². The van der Waals surface area contributed by atoms with E-state index in [1.54, 1.807) is 24.3 Å². The molecular weight excluding hydrogens is 292 g/mol. The summed E-state index contributed by atoms with van der Waals surface area (Å²) >= 11 is 0. The molecule has 2 rings (SSSR count). The van der Waals surface area contributed by atoms with Crippen molar-refractivity contribution in [1.29, 1.82) is 0 Å². The maximum absolute atomic E-state index is 12.0. The fourth-order valence-electron chi connectivity index (χ4n) is 2.00. The number of ether oxygens (including phenoxy) is 1. The normalized spacial score (nSPS) is 11.4. The van der Waals surface area contributed by atoms with E-state index in [1.807, 2.05) is 38.1 Å². The van der Waals surface area contributed by atoms with Crippen LogP contribution in [0.1, 0.15) is 18.9 Å². The molecule has 1 atom stereocenters. The molecule has 2 aromatic carbocycles. The Morgan fingerprint density at radius 2 is 1.83 bits per heavy atom. The summed E-state index contributed by atoms with van der Waals surface area (Å²) in [7, 11) is 0. The number of anilines is 2. The van der Waals surface area contributed by atoms with E-state index in [4.69, 9.17) is 4.74 Å². The number of nitrogens with one attached hydrogen (secondary N) is 2. The first-order chi connectivity index (χ1) is 11.1. The molecule has 23 heavy (non-hydrogen) atoms. The van der Waals surface area contributed by atoms with E-state index in [2.05, 4.69) is 10.6 Å². The minimum atomic E-state index is -0.446. The Bertz CT molecular complexity index is 668. The summed E-state index contributed by atoms with van der Waals surface area (Å²) in [4.78, 5) is 22.8. The maximum Gasteiger partial charge on any atom is 0.323 e. The molecule has 0 radical (unpaired) electrons. The molecule has 0 bridgehead atoms. The number of rotatable bonds is 6. The monoisotopic (exact) mass is 312 g/mol. The average Bonchev–Trinajstić information content (AvgIpc) is 2.56. The molecule has 2 N–H and O–H groups in total. The highest BCUT2D eigenvalue weighted by Gasteiger charge is 2.07. The zero-order chi connectivity index (χ0) is 16.7. The lowest BCUT2D eigenvalue weighted by Gasteiger charge is -2.12. The first kappa shape index (κ1) is 16.5. The van der Waals surface area contributed by atoms with Crippen LogP contribution in [-0.4, -0.2) is 18.4 Å². The number of amides is 2. The van der Waals surface area contributed by atoms with E-state index >= 15 is 0 Å². The second kappa shape index (κ2) is 7.98. The molecule has 0 fully saturated rings. The minimum Gasteiger partial charge on any atom is -0.483 e. The molecule has 0 aliphatic carbocycles. The van der Waals surface area contributed by atoms with Crippen molar-refractivity contribution in [2.24, 2.45) is 0 Å². The third-order valence-corrected chi connectivity index (χ3v) is 3.35. The summed E-state index contributed by atoms with van der Waals surface area (Å²) in [5, 5.41) is 5.55. The Labute approximate surface area is 135 Å². The first-order valence-corrected chi connectivity index (χ1v) is 7.48. The molecule has 0 saturated heterocycles. The van der Waals surface area contributed by atoms with E-state index in [0.29, 0.717) is 17.9 Å². The van der Waals surface area contributed by atoms with E-state index in [9.17, 15) is 9.59 Å². The van der Waals surface area contributed by atoms with Gasteiger partial charge in [-0.3, -0.25) is 4.79 Å². The summed E-state index contributed by atoms with van der Waals surface area (Å²) < 4.78 is 5.49. The second-order valence-electron chi connectivity index (χ2n) is 5.12. The molecule has 0 saturated carbocycles. The number of carbonyl (C=O) groups excluding carboxylic acids is 2. The van der Waals surface area contributed by atoms with Crippen LogP contribution in [0.5, 0.6) is 5.75 Å². The number of para-hydroxylation sites is 1. The van der Waals surface area contributed by atoms with Gasteiger partial charge in [-0.15, -0.1) is 0 Å². The molecule has 2 aromatic rings. The summed E-state index contributed by atoms with van der Waals surface area (Å²) in [5.74, 6) is 0.591. The van der Waals surface area contributed by atoms with Gasteiger partial charge in [0.2, 0.25) is 0 Å². The number of benzene rings is 2. The van der Waals surface area contributed by atoms with Crippen LogP contribution in [0.25, 0.3) is 0 Å². The molecule has 2 amide bonds. The Morgan fingerprint density at radius 1 is 1.13 bits per heavy atom. The van der Waals surface area contributed by atoms with Crippen molar-refractivity contribution in [3.63, 3.8) is 0 Å². The molecule has 0 aliphatic rings. The van der Waals surface area contributed by atoms with Crippen LogP contribution in [0.2, 0.25) is 0 Å². The third kappa shape index (κ3) is 4.85. The van der Waals surface area contributed by atoms with Gasteiger partial charge in [0.25, 0.3) is 0 Å². The largest absolute Gasteiger partial charge is 0.483 e. The van der Waals surface area contributed by atoms with Crippen molar-refractivity contribution in [1.82, 2.24) is 0 Å². The second-order valence-corrected chi connectivity index (χ2v) is 5.12. The Morgan fingerprint density at radius 3 is 2.43 bits per heavy atom. The molecule has 0 spiro atoms. The Balaban J connectivity index is 1.94. The zero-order valence-corrected chi connectivity index (χ0v) is 13.2. The van der Waals surface area contributed by atoms with Crippen molar-refractivity contribution in [2.45, 2.75) is 26.4 Å². The Kier molecular flexibility index (Phi) is 5.74. The predicted molar refractivity (Wildman–Crippen MR) is 91.0 cm³/mol. The van der Waals surface area contributed by atoms with Crippen LogP contribution < -0.4 is 15.4 Å². The first-order valence-electron chi connectivity index (χ1n) is 7.48. The van der Waals surface area contributed by atoms with Gasteiger partial charge < -0.3 is 15.4 Å². The summed E-state index contributed by atoms with van der Waals surface area (Å²) in [6, 6.07) is 14.1. The van der Waals surface area contributed by atoms with Crippen molar-refractivity contribution >= 4 is 23.7 Å². The van der Waals surface area contributed by atoms with Crippen molar-refractivity contribution in [3.8, 4) is 5.75 Å². The van der Waals surface area contributed by atoms with Gasteiger partial charge in [0.05, 0.1) is 0 Å². The summed E-state index contributed by atoms with van der Waals surface area (Å²) in [5.41, 5.74) is 2.40. The maximum atomic E-state index is 12.0. The third-order valence-electron chi connectivity index (χ3n) is 3.35. The number of carbonyl (C=O) groups is 2. The van der Waals surface area contributed by atoms with Gasteiger partial charge in [-0.1, -0.05) is 25.1 Å². The SMILES string of the molecule is CCC(C=O)Oc1ccc(NC(=O)Nc2ccccc2C)cc1. The average molecular weight is 312 g/mol. The minimum absolute atomic E-state index is 0.313. The highest BCUT2D eigenvalue weighted by Crippen LogP contribution is 2.18. The molecule has 120 valence electrons. The quantitative estimate of drug-likeness (QED) is 0.792. The standard InChI is InChI=1S/C18H20N2O3/c1-3-15(12-21)23-16-10-8-14(9-11-16)19-18(22)20-17-7-5-4-6-13(17)2/h4-12,15H,3H2,1-2H3,(H2,19,20,22). The smallest absolute Gasteiger partial charge is 0.323 e. The molecule has 5 nitrogen and oxygen atoms in total. The molecule has 0 aromatic heterocycles. The fourth-order valence-corrected chi connectivity index (χ4v) is 2.00. The molecule has 1 unspecified atom stereocenters. The van der Waals surface area contributed by atoms with Crippen LogP contribution in [0.15, 0.2) is 48.5 Å². The number of aryl methyl sites for hydroxylation is 1. The van der Waals surface area contributed by atoms with Crippen molar-refractivity contribution < 1.29 is 14.3 Å². The van der Waals surface area contributed by atoms with Crippen molar-refractivity contribution in [3.05, 3.63) is 54.1 Å². The van der Waals surface area contributed by atoms with Crippen LogP contribution in [-0.2, 0) is 4.79 Å². The Hall–Kier alpha value is -2.82. The van der Waals surface area contributed by atoms with Crippen LogP contribution in [0.3, 0.4) is 0 Å². The lowest BCUT2D eigenvalue weighted by molar-refractivity contribution is -0.113. The van der Waals surface area contributed by atoms with E-state index in [1.165, 1.54) is 0 Å². The lowest BCUT2D eigenvalue weighted by atomic mass is 10.2. The van der Waals surface area contributed by atoms with Gasteiger partial charge >= 0.3 is 6.03 Å².